The molecule has 0 aliphatic carbocycles. The van der Waals surface area contributed by atoms with Crippen LogP contribution in [0.4, 0.5) is 5.69 Å². The fourth-order valence-corrected chi connectivity index (χ4v) is 2.10. The van der Waals surface area contributed by atoms with Gasteiger partial charge in [-0.05, 0) is 18.0 Å². The highest BCUT2D eigenvalue weighted by Crippen LogP contribution is 2.28. The third-order valence-corrected chi connectivity index (χ3v) is 3.05. The van der Waals surface area contributed by atoms with E-state index in [1.807, 2.05) is 12.1 Å². The van der Waals surface area contributed by atoms with Gasteiger partial charge in [-0.3, -0.25) is 10.1 Å². The second-order valence-corrected chi connectivity index (χ2v) is 4.09. The first-order chi connectivity index (χ1) is 7.18. The van der Waals surface area contributed by atoms with E-state index in [-0.39, 0.29) is 10.6 Å². The Morgan fingerprint density at radius 1 is 1.33 bits per heavy atom. The summed E-state index contributed by atoms with van der Waals surface area (Å²) in [7, 11) is 0. The molecule has 2 unspecified atom stereocenters. The van der Waals surface area contributed by atoms with Crippen molar-refractivity contribution in [3.8, 4) is 0 Å². The number of nitrogens with zero attached hydrogens (tertiary/aromatic N) is 1. The van der Waals surface area contributed by atoms with E-state index in [9.17, 15) is 10.1 Å². The van der Waals surface area contributed by atoms with E-state index < -0.39 is 0 Å². The molecule has 4 nitrogen and oxygen atoms in total. The first-order valence-electron chi connectivity index (χ1n) is 5.13. The van der Waals surface area contributed by atoms with Gasteiger partial charge in [0.1, 0.15) is 0 Å². The Hall–Kier alpha value is -1.42. The number of hydrogen-bond donors (Lipinski definition) is 1. The van der Waals surface area contributed by atoms with Crippen molar-refractivity contribution in [2.45, 2.75) is 12.8 Å². The van der Waals surface area contributed by atoms with Crippen LogP contribution in [0.3, 0.4) is 0 Å². The highest BCUT2D eigenvalue weighted by Gasteiger charge is 2.24. The second-order valence-electron chi connectivity index (χ2n) is 4.09. The van der Waals surface area contributed by atoms with E-state index in [0.29, 0.717) is 11.8 Å². The number of non-ortho nitro benzene ring substituents is 1. The van der Waals surface area contributed by atoms with Crippen molar-refractivity contribution in [3.05, 3.63) is 39.9 Å². The first-order valence-corrected chi connectivity index (χ1v) is 5.13. The lowest BCUT2D eigenvalue weighted by Gasteiger charge is -2.13. The van der Waals surface area contributed by atoms with Crippen LogP contribution in [0.5, 0.6) is 0 Å². The highest BCUT2D eigenvalue weighted by molar-refractivity contribution is 5.35. The van der Waals surface area contributed by atoms with E-state index in [1.54, 1.807) is 12.1 Å². The zero-order valence-corrected chi connectivity index (χ0v) is 8.64. The molecule has 0 aromatic heterocycles. The molecule has 0 amide bonds. The third kappa shape index (κ3) is 1.99. The van der Waals surface area contributed by atoms with Gasteiger partial charge in [0.2, 0.25) is 0 Å². The summed E-state index contributed by atoms with van der Waals surface area (Å²) in [5.41, 5.74) is 1.36. The van der Waals surface area contributed by atoms with Crippen LogP contribution in [-0.2, 0) is 0 Å². The van der Waals surface area contributed by atoms with E-state index in [0.717, 1.165) is 13.1 Å². The zero-order valence-electron chi connectivity index (χ0n) is 8.64. The molecule has 1 aliphatic heterocycles. The summed E-state index contributed by atoms with van der Waals surface area (Å²) in [6, 6.07) is 6.90. The largest absolute Gasteiger partial charge is 0.316 e. The maximum Gasteiger partial charge on any atom is 0.269 e. The fourth-order valence-electron chi connectivity index (χ4n) is 2.10. The molecule has 4 heteroatoms. The molecule has 1 aromatic rings. The molecule has 1 saturated heterocycles. The Kier molecular flexibility index (Phi) is 2.68. The fraction of sp³-hybridized carbons (Fsp3) is 0.455. The minimum absolute atomic E-state index is 0.164. The van der Waals surface area contributed by atoms with Crippen LogP contribution >= 0.6 is 0 Å². The molecule has 1 aromatic carbocycles. The van der Waals surface area contributed by atoms with Gasteiger partial charge in [0.05, 0.1) is 4.92 Å². The van der Waals surface area contributed by atoms with E-state index in [1.165, 1.54) is 5.56 Å². The Labute approximate surface area is 88.5 Å². The lowest BCUT2D eigenvalue weighted by Crippen LogP contribution is -2.07. The van der Waals surface area contributed by atoms with Gasteiger partial charge in [0.15, 0.2) is 0 Å². The highest BCUT2D eigenvalue weighted by atomic mass is 16.6. The molecule has 0 saturated carbocycles. The van der Waals surface area contributed by atoms with Crippen molar-refractivity contribution < 1.29 is 4.92 Å². The van der Waals surface area contributed by atoms with Crippen molar-refractivity contribution in [3.63, 3.8) is 0 Å². The molecule has 1 N–H and O–H groups in total. The number of nitro groups is 1. The molecule has 0 radical (unpaired) electrons. The van der Waals surface area contributed by atoms with Crippen LogP contribution in [-0.4, -0.2) is 18.0 Å². The predicted molar refractivity (Wildman–Crippen MR) is 57.9 cm³/mol. The SMILES string of the molecule is CC1CNCC1c1ccc([N+](=O)[O-])cc1. The zero-order chi connectivity index (χ0) is 10.8. The van der Waals surface area contributed by atoms with Crippen molar-refractivity contribution in [2.75, 3.05) is 13.1 Å². The van der Waals surface area contributed by atoms with Gasteiger partial charge in [-0.25, -0.2) is 0 Å². The molecule has 1 fully saturated rings. The Balaban J connectivity index is 2.19. The summed E-state index contributed by atoms with van der Waals surface area (Å²) in [5, 5.41) is 13.8. The minimum Gasteiger partial charge on any atom is -0.316 e. The smallest absolute Gasteiger partial charge is 0.269 e. The van der Waals surface area contributed by atoms with Crippen LogP contribution in [0.25, 0.3) is 0 Å². The normalized spacial score (nSPS) is 25.4. The lowest BCUT2D eigenvalue weighted by molar-refractivity contribution is -0.384. The maximum atomic E-state index is 10.5. The summed E-state index contributed by atoms with van der Waals surface area (Å²) in [6.07, 6.45) is 0. The van der Waals surface area contributed by atoms with Gasteiger partial charge in [-0.15, -0.1) is 0 Å². The van der Waals surface area contributed by atoms with Gasteiger partial charge in [0.25, 0.3) is 5.69 Å². The van der Waals surface area contributed by atoms with Crippen LogP contribution in [0.2, 0.25) is 0 Å². The third-order valence-electron chi connectivity index (χ3n) is 3.05. The molecule has 0 bridgehead atoms. The monoisotopic (exact) mass is 206 g/mol. The van der Waals surface area contributed by atoms with Crippen molar-refractivity contribution >= 4 is 5.69 Å². The van der Waals surface area contributed by atoms with E-state index >= 15 is 0 Å². The number of nitro benzene ring substituents is 1. The van der Waals surface area contributed by atoms with Crippen LogP contribution < -0.4 is 5.32 Å². The predicted octanol–water partition coefficient (Wildman–Crippen LogP) is 1.92. The van der Waals surface area contributed by atoms with E-state index in [4.69, 9.17) is 0 Å². The summed E-state index contributed by atoms with van der Waals surface area (Å²) < 4.78 is 0. The lowest BCUT2D eigenvalue weighted by atomic mass is 9.90. The summed E-state index contributed by atoms with van der Waals surface area (Å²) in [4.78, 5) is 10.1. The summed E-state index contributed by atoms with van der Waals surface area (Å²) in [6.45, 7) is 4.20. The Bertz CT molecular complexity index is 361. The molecular formula is C11H14N2O2. The standard InChI is InChI=1S/C11H14N2O2/c1-8-6-12-7-11(8)9-2-4-10(5-3-9)13(14)15/h2-5,8,11-12H,6-7H2,1H3. The molecule has 2 atom stereocenters. The molecule has 0 spiro atoms. The van der Waals surface area contributed by atoms with Gasteiger partial charge in [0, 0.05) is 24.6 Å². The Morgan fingerprint density at radius 3 is 2.47 bits per heavy atom. The van der Waals surface area contributed by atoms with Crippen LogP contribution in [0.1, 0.15) is 18.4 Å². The quantitative estimate of drug-likeness (QED) is 0.594. The van der Waals surface area contributed by atoms with Crippen molar-refractivity contribution in [1.82, 2.24) is 5.32 Å². The van der Waals surface area contributed by atoms with Gasteiger partial charge in [-0.1, -0.05) is 19.1 Å². The molecule has 2 rings (SSSR count). The first kappa shape index (κ1) is 10.1. The van der Waals surface area contributed by atoms with Crippen LogP contribution in [0, 0.1) is 16.0 Å². The minimum atomic E-state index is -0.361. The van der Waals surface area contributed by atoms with Gasteiger partial charge < -0.3 is 5.32 Å². The number of benzene rings is 1. The molecule has 80 valence electrons. The van der Waals surface area contributed by atoms with Gasteiger partial charge >= 0.3 is 0 Å². The average Bonchev–Trinajstić information content (AvgIpc) is 2.65. The van der Waals surface area contributed by atoms with Crippen LogP contribution in [0.15, 0.2) is 24.3 Å². The number of hydrogen-bond acceptors (Lipinski definition) is 3. The maximum absolute atomic E-state index is 10.5. The topological polar surface area (TPSA) is 55.2 Å². The number of nitrogens with one attached hydrogen (secondary N) is 1. The summed E-state index contributed by atoms with van der Waals surface area (Å²) in [5.74, 6) is 1.09. The molecule has 15 heavy (non-hydrogen) atoms. The molecule has 1 aliphatic rings. The number of rotatable bonds is 2. The van der Waals surface area contributed by atoms with Gasteiger partial charge in [-0.2, -0.15) is 0 Å². The molecule has 1 heterocycles. The van der Waals surface area contributed by atoms with E-state index in [2.05, 4.69) is 12.2 Å². The average molecular weight is 206 g/mol. The molecular weight excluding hydrogens is 192 g/mol. The van der Waals surface area contributed by atoms with Crippen molar-refractivity contribution in [2.24, 2.45) is 5.92 Å². The summed E-state index contributed by atoms with van der Waals surface area (Å²) >= 11 is 0. The second kappa shape index (κ2) is 3.98. The Morgan fingerprint density at radius 2 is 2.00 bits per heavy atom. The van der Waals surface area contributed by atoms with Crippen molar-refractivity contribution in [1.29, 1.82) is 0 Å².